The van der Waals surface area contributed by atoms with Crippen LogP contribution in [-0.4, -0.2) is 37.0 Å². The molecule has 2 aromatic heterocycles. The first-order valence-electron chi connectivity index (χ1n) is 11.5. The fourth-order valence-corrected chi connectivity index (χ4v) is 5.09. The van der Waals surface area contributed by atoms with Crippen LogP contribution < -0.4 is 14.8 Å². The smallest absolute Gasteiger partial charge is 0.265 e. The van der Waals surface area contributed by atoms with E-state index in [0.717, 1.165) is 25.7 Å². The first-order chi connectivity index (χ1) is 16.6. The molecule has 0 spiro atoms. The Morgan fingerprint density at radius 2 is 1.88 bits per heavy atom. The Balaban J connectivity index is 1.75. The number of furan rings is 1. The van der Waals surface area contributed by atoms with Crippen molar-refractivity contribution in [2.24, 2.45) is 0 Å². The summed E-state index contributed by atoms with van der Waals surface area (Å²) in [5.74, 6) is 1.21. The number of hydrogen-bond acceptors (Lipinski definition) is 6. The van der Waals surface area contributed by atoms with Gasteiger partial charge in [0.2, 0.25) is 5.91 Å². The molecular weight excluding hydrogens is 452 g/mol. The summed E-state index contributed by atoms with van der Waals surface area (Å²) in [5, 5.41) is 5.06. The van der Waals surface area contributed by atoms with Crippen LogP contribution in [0.4, 0.5) is 0 Å². The quantitative estimate of drug-likeness (QED) is 0.454. The highest BCUT2D eigenvalue weighted by Gasteiger charge is 2.35. The van der Waals surface area contributed by atoms with Crippen LogP contribution in [0.15, 0.2) is 58.5 Å². The molecule has 8 heteroatoms. The summed E-state index contributed by atoms with van der Waals surface area (Å²) < 4.78 is 16.4. The minimum absolute atomic E-state index is 0.103. The minimum atomic E-state index is -0.874. The van der Waals surface area contributed by atoms with Crippen LogP contribution in [0.2, 0.25) is 0 Å². The van der Waals surface area contributed by atoms with E-state index < -0.39 is 6.04 Å². The van der Waals surface area contributed by atoms with Gasteiger partial charge >= 0.3 is 0 Å². The van der Waals surface area contributed by atoms with Crippen LogP contribution in [0.25, 0.3) is 0 Å². The molecule has 0 aliphatic heterocycles. The maximum Gasteiger partial charge on any atom is 0.265 e. The Hall–Kier alpha value is -3.26. The van der Waals surface area contributed by atoms with E-state index in [9.17, 15) is 9.59 Å². The fourth-order valence-electron chi connectivity index (χ4n) is 4.42. The van der Waals surface area contributed by atoms with Crippen molar-refractivity contribution in [3.05, 3.63) is 70.3 Å². The summed E-state index contributed by atoms with van der Waals surface area (Å²) in [7, 11) is 3.12. The number of ether oxygens (including phenoxy) is 2. The Morgan fingerprint density at radius 3 is 2.53 bits per heavy atom. The molecule has 3 aromatic rings. The van der Waals surface area contributed by atoms with Crippen LogP contribution >= 0.6 is 11.3 Å². The first-order valence-corrected chi connectivity index (χ1v) is 12.4. The third-order valence-corrected chi connectivity index (χ3v) is 6.99. The molecule has 1 saturated carbocycles. The van der Waals surface area contributed by atoms with Crippen molar-refractivity contribution in [3.63, 3.8) is 0 Å². The number of carbonyl (C=O) groups is 2. The average molecular weight is 483 g/mol. The molecule has 0 bridgehead atoms. The molecule has 1 fully saturated rings. The van der Waals surface area contributed by atoms with Gasteiger partial charge in [0.05, 0.1) is 31.9 Å². The molecule has 1 aromatic carbocycles. The first kappa shape index (κ1) is 23.9. The molecule has 0 unspecified atom stereocenters. The number of amides is 2. The number of nitrogens with zero attached hydrogens (tertiary/aromatic N) is 1. The van der Waals surface area contributed by atoms with Crippen LogP contribution in [0, 0.1) is 0 Å². The normalized spacial score (nSPS) is 14.9. The van der Waals surface area contributed by atoms with E-state index >= 15 is 0 Å². The molecule has 2 heterocycles. The molecule has 2 amide bonds. The Morgan fingerprint density at radius 1 is 1.09 bits per heavy atom. The monoisotopic (exact) mass is 482 g/mol. The lowest BCUT2D eigenvalue weighted by atomic mass is 9.94. The molecule has 4 rings (SSSR count). The lowest BCUT2D eigenvalue weighted by Gasteiger charge is -2.33. The van der Waals surface area contributed by atoms with E-state index in [1.54, 1.807) is 55.7 Å². The number of hydrogen-bond donors (Lipinski definition) is 1. The van der Waals surface area contributed by atoms with Gasteiger partial charge in [-0.25, -0.2) is 0 Å². The topological polar surface area (TPSA) is 81.0 Å². The zero-order chi connectivity index (χ0) is 23.9. The van der Waals surface area contributed by atoms with Gasteiger partial charge in [-0.05, 0) is 54.1 Å². The third-order valence-electron chi connectivity index (χ3n) is 6.13. The maximum absolute atomic E-state index is 13.8. The van der Waals surface area contributed by atoms with E-state index in [4.69, 9.17) is 13.9 Å². The summed E-state index contributed by atoms with van der Waals surface area (Å²) in [6, 6.07) is 11.7. The lowest BCUT2D eigenvalue weighted by molar-refractivity contribution is -0.127. The van der Waals surface area contributed by atoms with Gasteiger partial charge in [0.25, 0.3) is 5.91 Å². The van der Waals surface area contributed by atoms with Crippen LogP contribution in [0.1, 0.15) is 59.1 Å². The van der Waals surface area contributed by atoms with Gasteiger partial charge in [-0.2, -0.15) is 0 Å². The summed E-state index contributed by atoms with van der Waals surface area (Å²) in [5.41, 5.74) is 0.641. The molecule has 1 aliphatic carbocycles. The highest BCUT2D eigenvalue weighted by molar-refractivity contribution is 7.12. The van der Waals surface area contributed by atoms with Gasteiger partial charge in [-0.3, -0.25) is 9.59 Å². The van der Waals surface area contributed by atoms with Crippen molar-refractivity contribution in [2.75, 3.05) is 14.2 Å². The Bertz CT molecular complexity index is 1070. The lowest BCUT2D eigenvalue weighted by Crippen LogP contribution is -2.46. The number of carbonyl (C=O) groups excluding carboxylic acids is 2. The molecule has 7 nitrogen and oxygen atoms in total. The Labute approximate surface area is 203 Å². The van der Waals surface area contributed by atoms with Gasteiger partial charge in [-0.15, -0.1) is 11.3 Å². The fraction of sp³-hybridized carbons (Fsp3) is 0.385. The molecule has 1 atom stereocenters. The van der Waals surface area contributed by atoms with E-state index in [0.29, 0.717) is 27.7 Å². The van der Waals surface area contributed by atoms with E-state index in [1.165, 1.54) is 17.8 Å². The van der Waals surface area contributed by atoms with Crippen LogP contribution in [0.3, 0.4) is 0 Å². The summed E-state index contributed by atoms with van der Waals surface area (Å²) in [4.78, 5) is 29.6. The van der Waals surface area contributed by atoms with Crippen molar-refractivity contribution < 1.29 is 23.5 Å². The molecule has 180 valence electrons. The van der Waals surface area contributed by atoms with Crippen molar-refractivity contribution in [2.45, 2.75) is 50.7 Å². The molecule has 0 radical (unpaired) electrons. The summed E-state index contributed by atoms with van der Waals surface area (Å²) >= 11 is 1.35. The highest BCUT2D eigenvalue weighted by Crippen LogP contribution is 2.34. The van der Waals surface area contributed by atoms with Gasteiger partial charge in [0.15, 0.2) is 11.5 Å². The second-order valence-corrected chi connectivity index (χ2v) is 9.30. The number of nitrogens with one attached hydrogen (secondary N) is 1. The van der Waals surface area contributed by atoms with Crippen molar-refractivity contribution in [1.29, 1.82) is 0 Å². The molecule has 1 aliphatic rings. The zero-order valence-electron chi connectivity index (χ0n) is 19.5. The van der Waals surface area contributed by atoms with Crippen LogP contribution in [0.5, 0.6) is 11.5 Å². The second kappa shape index (κ2) is 11.2. The van der Waals surface area contributed by atoms with Gasteiger partial charge in [-0.1, -0.05) is 31.4 Å². The summed E-state index contributed by atoms with van der Waals surface area (Å²) in [6.07, 6.45) is 6.83. The maximum atomic E-state index is 13.8. The number of methoxy groups -OCH3 is 2. The second-order valence-electron chi connectivity index (χ2n) is 8.35. The minimum Gasteiger partial charge on any atom is -0.493 e. The van der Waals surface area contributed by atoms with Gasteiger partial charge in [0.1, 0.15) is 11.8 Å². The summed E-state index contributed by atoms with van der Waals surface area (Å²) in [6.45, 7) is 0.154. The predicted octanol–water partition coefficient (Wildman–Crippen LogP) is 5.19. The van der Waals surface area contributed by atoms with Crippen molar-refractivity contribution >= 4 is 23.2 Å². The number of benzene rings is 1. The SMILES string of the molecule is COc1ccc([C@@H](C(=O)NC2CCCCC2)N(Cc2ccco2)C(=O)c2cccs2)cc1OC. The predicted molar refractivity (Wildman–Crippen MR) is 130 cm³/mol. The van der Waals surface area contributed by atoms with Crippen LogP contribution in [-0.2, 0) is 11.3 Å². The van der Waals surface area contributed by atoms with E-state index in [1.807, 2.05) is 17.5 Å². The van der Waals surface area contributed by atoms with E-state index in [-0.39, 0.29) is 24.4 Å². The highest BCUT2D eigenvalue weighted by atomic mass is 32.1. The third kappa shape index (κ3) is 5.44. The molecule has 1 N–H and O–H groups in total. The van der Waals surface area contributed by atoms with Crippen molar-refractivity contribution in [1.82, 2.24) is 10.2 Å². The van der Waals surface area contributed by atoms with Gasteiger partial charge < -0.3 is 24.1 Å². The molecular formula is C26H30N2O5S. The standard InChI is InChI=1S/C26H30N2O5S/c1-31-21-13-12-18(16-22(21)32-2)24(25(29)27-19-8-4-3-5-9-19)28(17-20-10-6-14-33-20)26(30)23-11-7-15-34-23/h6-7,10-16,19,24H,3-5,8-9,17H2,1-2H3,(H,27,29)/t24-/m0/s1. The van der Waals surface area contributed by atoms with Crippen molar-refractivity contribution in [3.8, 4) is 11.5 Å². The zero-order valence-corrected chi connectivity index (χ0v) is 20.3. The van der Waals surface area contributed by atoms with E-state index in [2.05, 4.69) is 5.32 Å². The average Bonchev–Trinajstić information content (AvgIpc) is 3.58. The Kier molecular flexibility index (Phi) is 7.90. The number of thiophene rings is 1. The number of rotatable bonds is 9. The molecule has 0 saturated heterocycles. The van der Waals surface area contributed by atoms with Gasteiger partial charge in [0, 0.05) is 6.04 Å². The molecule has 34 heavy (non-hydrogen) atoms. The largest absolute Gasteiger partial charge is 0.493 e.